The Morgan fingerprint density at radius 3 is 2.61 bits per heavy atom. The van der Waals surface area contributed by atoms with Crippen LogP contribution in [0.5, 0.6) is 0 Å². The number of hydrogen-bond acceptors (Lipinski definition) is 3. The molecular formula is C21H18FN5O. The van der Waals surface area contributed by atoms with Crippen LogP contribution in [-0.2, 0) is 0 Å². The van der Waals surface area contributed by atoms with Crippen molar-refractivity contribution in [3.8, 4) is 16.9 Å². The van der Waals surface area contributed by atoms with E-state index in [-0.39, 0.29) is 17.8 Å². The Bertz CT molecular complexity index is 1090. The summed E-state index contributed by atoms with van der Waals surface area (Å²) >= 11 is 0. The normalized spacial score (nSPS) is 11.9. The summed E-state index contributed by atoms with van der Waals surface area (Å²) < 4.78 is 14.8. The number of halogens is 1. The second-order valence-electron chi connectivity index (χ2n) is 6.37. The highest BCUT2D eigenvalue weighted by atomic mass is 19.1. The van der Waals surface area contributed by atoms with Crippen LogP contribution in [0.3, 0.4) is 0 Å². The highest BCUT2D eigenvalue weighted by Gasteiger charge is 2.18. The maximum Gasteiger partial charge on any atom is 0.270 e. The third-order valence-electron chi connectivity index (χ3n) is 4.41. The number of hydrogen-bond donors (Lipinski definition) is 2. The van der Waals surface area contributed by atoms with Crippen LogP contribution < -0.4 is 5.32 Å². The average molecular weight is 375 g/mol. The van der Waals surface area contributed by atoms with Crippen LogP contribution >= 0.6 is 0 Å². The van der Waals surface area contributed by atoms with Crippen molar-refractivity contribution in [2.75, 3.05) is 0 Å². The van der Waals surface area contributed by atoms with Gasteiger partial charge in [-0.2, -0.15) is 0 Å². The molecule has 1 amide bonds. The van der Waals surface area contributed by atoms with Gasteiger partial charge >= 0.3 is 0 Å². The molecule has 140 valence electrons. The van der Waals surface area contributed by atoms with Crippen molar-refractivity contribution in [2.24, 2.45) is 0 Å². The first-order valence-electron chi connectivity index (χ1n) is 8.81. The van der Waals surface area contributed by atoms with Crippen LogP contribution in [0.15, 0.2) is 73.3 Å². The van der Waals surface area contributed by atoms with Gasteiger partial charge in [-0.3, -0.25) is 9.36 Å². The van der Waals surface area contributed by atoms with E-state index in [2.05, 4.69) is 20.3 Å². The second-order valence-corrected chi connectivity index (χ2v) is 6.37. The number of amides is 1. The zero-order valence-electron chi connectivity index (χ0n) is 15.1. The van der Waals surface area contributed by atoms with Gasteiger partial charge < -0.3 is 10.3 Å². The summed E-state index contributed by atoms with van der Waals surface area (Å²) in [6.45, 7) is 1.85. The minimum Gasteiger partial charge on any atom is -0.341 e. The largest absolute Gasteiger partial charge is 0.341 e. The topological polar surface area (TPSA) is 75.6 Å². The van der Waals surface area contributed by atoms with Crippen molar-refractivity contribution in [1.82, 2.24) is 24.8 Å². The monoisotopic (exact) mass is 375 g/mol. The fourth-order valence-electron chi connectivity index (χ4n) is 2.93. The molecule has 6 nitrogen and oxygen atoms in total. The van der Waals surface area contributed by atoms with Crippen LogP contribution in [0.1, 0.15) is 29.3 Å². The standard InChI is InChI=1S/C21H18FN5O/c1-14(20-24-11-18(26-20)15-5-3-2-4-6-15)25-21(28)19-12-23-13-27(19)17-9-7-16(22)8-10-17/h2-14H,1H3,(H,24,26)(H,25,28). The predicted molar refractivity (Wildman–Crippen MR) is 103 cm³/mol. The van der Waals surface area contributed by atoms with Gasteiger partial charge in [-0.15, -0.1) is 0 Å². The van der Waals surface area contributed by atoms with E-state index in [9.17, 15) is 9.18 Å². The maximum atomic E-state index is 13.2. The fourth-order valence-corrected chi connectivity index (χ4v) is 2.93. The number of carbonyl (C=O) groups excluding carboxylic acids is 1. The van der Waals surface area contributed by atoms with Crippen molar-refractivity contribution in [2.45, 2.75) is 13.0 Å². The van der Waals surface area contributed by atoms with Crippen molar-refractivity contribution in [3.05, 3.63) is 90.7 Å². The highest BCUT2D eigenvalue weighted by Crippen LogP contribution is 2.19. The number of aromatic amines is 1. The third-order valence-corrected chi connectivity index (χ3v) is 4.41. The Morgan fingerprint density at radius 1 is 1.11 bits per heavy atom. The van der Waals surface area contributed by atoms with Crippen molar-refractivity contribution < 1.29 is 9.18 Å². The lowest BCUT2D eigenvalue weighted by atomic mass is 10.2. The molecule has 0 aliphatic heterocycles. The zero-order valence-corrected chi connectivity index (χ0v) is 15.1. The number of H-pyrrole nitrogens is 1. The molecule has 0 aliphatic carbocycles. The van der Waals surface area contributed by atoms with Crippen LogP contribution in [-0.4, -0.2) is 25.4 Å². The maximum absolute atomic E-state index is 13.2. The number of nitrogens with one attached hydrogen (secondary N) is 2. The number of rotatable bonds is 5. The summed E-state index contributed by atoms with van der Waals surface area (Å²) in [4.78, 5) is 24.4. The first-order valence-corrected chi connectivity index (χ1v) is 8.81. The Morgan fingerprint density at radius 2 is 1.86 bits per heavy atom. The molecule has 4 aromatic rings. The molecule has 2 N–H and O–H groups in total. The molecule has 2 aromatic carbocycles. The van der Waals surface area contributed by atoms with Gasteiger partial charge in [0, 0.05) is 5.69 Å². The zero-order chi connectivity index (χ0) is 19.5. The summed E-state index contributed by atoms with van der Waals surface area (Å²) in [6.07, 6.45) is 4.74. The van der Waals surface area contributed by atoms with Crippen LogP contribution in [0.2, 0.25) is 0 Å². The van der Waals surface area contributed by atoms with E-state index in [0.717, 1.165) is 11.3 Å². The lowest BCUT2D eigenvalue weighted by Crippen LogP contribution is -2.29. The molecule has 0 radical (unpaired) electrons. The lowest BCUT2D eigenvalue weighted by Gasteiger charge is -2.13. The lowest BCUT2D eigenvalue weighted by molar-refractivity contribution is 0.0931. The average Bonchev–Trinajstić information content (AvgIpc) is 3.39. The number of carbonyl (C=O) groups is 1. The molecule has 0 spiro atoms. The summed E-state index contributed by atoms with van der Waals surface area (Å²) in [6, 6.07) is 15.4. The predicted octanol–water partition coefficient (Wildman–Crippen LogP) is 3.89. The Hall–Kier alpha value is -3.74. The van der Waals surface area contributed by atoms with E-state index < -0.39 is 0 Å². The van der Waals surface area contributed by atoms with E-state index in [1.165, 1.54) is 24.7 Å². The minimum absolute atomic E-state index is 0.299. The highest BCUT2D eigenvalue weighted by molar-refractivity contribution is 5.93. The Balaban J connectivity index is 1.51. The molecule has 7 heteroatoms. The molecule has 2 aromatic heterocycles. The number of nitrogens with zero attached hydrogens (tertiary/aromatic N) is 3. The van der Waals surface area contributed by atoms with Gasteiger partial charge in [0.2, 0.25) is 0 Å². The molecule has 0 bridgehead atoms. The van der Waals surface area contributed by atoms with Gasteiger partial charge in [-0.25, -0.2) is 14.4 Å². The SMILES string of the molecule is CC(NC(=O)c1cncn1-c1ccc(F)cc1)c1ncc(-c2ccccc2)[nH]1. The van der Waals surface area contributed by atoms with Crippen LogP contribution in [0.4, 0.5) is 4.39 Å². The van der Waals surface area contributed by atoms with Crippen molar-refractivity contribution in [3.63, 3.8) is 0 Å². The van der Waals surface area contributed by atoms with Crippen LogP contribution in [0.25, 0.3) is 16.9 Å². The van der Waals surface area contributed by atoms with Gasteiger partial charge in [0.1, 0.15) is 17.3 Å². The van der Waals surface area contributed by atoms with Gasteiger partial charge in [0.25, 0.3) is 5.91 Å². The first kappa shape index (κ1) is 17.7. The summed E-state index contributed by atoms with van der Waals surface area (Å²) in [5.74, 6) is 0.0163. The smallest absolute Gasteiger partial charge is 0.270 e. The summed E-state index contributed by atoms with van der Waals surface area (Å²) in [5.41, 5.74) is 2.91. The molecule has 2 heterocycles. The van der Waals surface area contributed by atoms with Crippen molar-refractivity contribution >= 4 is 5.91 Å². The van der Waals surface area contributed by atoms with Crippen molar-refractivity contribution in [1.29, 1.82) is 0 Å². The van der Waals surface area contributed by atoms with Gasteiger partial charge in [0.15, 0.2) is 0 Å². The number of imidazole rings is 2. The van der Waals surface area contributed by atoms with E-state index in [1.807, 2.05) is 37.3 Å². The van der Waals surface area contributed by atoms with Gasteiger partial charge in [-0.1, -0.05) is 30.3 Å². The number of benzene rings is 2. The molecule has 0 fully saturated rings. The van der Waals surface area contributed by atoms with E-state index in [4.69, 9.17) is 0 Å². The van der Waals surface area contributed by atoms with Gasteiger partial charge in [-0.05, 0) is 36.8 Å². The molecule has 4 rings (SSSR count). The second kappa shape index (κ2) is 7.48. The molecular weight excluding hydrogens is 357 g/mol. The fraction of sp³-hybridized carbons (Fsp3) is 0.0952. The van der Waals surface area contributed by atoms with E-state index in [1.54, 1.807) is 22.9 Å². The number of aromatic nitrogens is 4. The summed E-state index contributed by atoms with van der Waals surface area (Å²) in [7, 11) is 0. The summed E-state index contributed by atoms with van der Waals surface area (Å²) in [5, 5.41) is 2.92. The molecule has 0 saturated heterocycles. The van der Waals surface area contributed by atoms with E-state index >= 15 is 0 Å². The third kappa shape index (κ3) is 3.55. The minimum atomic E-state index is -0.337. The Kier molecular flexibility index (Phi) is 4.72. The van der Waals surface area contributed by atoms with E-state index in [0.29, 0.717) is 17.2 Å². The van der Waals surface area contributed by atoms with Crippen LogP contribution in [0, 0.1) is 5.82 Å². The molecule has 1 atom stereocenters. The molecule has 1 unspecified atom stereocenters. The molecule has 28 heavy (non-hydrogen) atoms. The quantitative estimate of drug-likeness (QED) is 0.556. The van der Waals surface area contributed by atoms with Gasteiger partial charge in [0.05, 0.1) is 30.5 Å². The first-order chi connectivity index (χ1) is 13.6. The Labute approximate surface area is 161 Å². The molecule has 0 saturated carbocycles. The molecule has 0 aliphatic rings.